The number of nitrogens with one attached hydrogen (secondary N) is 1. The van der Waals surface area contributed by atoms with Crippen molar-refractivity contribution in [2.24, 2.45) is 0 Å². The molecule has 1 fully saturated rings. The molecular weight excluding hydrogens is 254 g/mol. The summed E-state index contributed by atoms with van der Waals surface area (Å²) in [6.45, 7) is 7.13. The summed E-state index contributed by atoms with van der Waals surface area (Å²) in [5.74, 6) is 0.672. The lowest BCUT2D eigenvalue weighted by Gasteiger charge is -2.18. The van der Waals surface area contributed by atoms with Crippen LogP contribution in [0, 0.1) is 13.8 Å². The zero-order valence-electron chi connectivity index (χ0n) is 12.4. The number of carbonyl (C=O) groups excluding carboxylic acids is 1. The summed E-state index contributed by atoms with van der Waals surface area (Å²) >= 11 is 0. The van der Waals surface area contributed by atoms with Gasteiger partial charge in [-0.1, -0.05) is 12.1 Å². The van der Waals surface area contributed by atoms with Gasteiger partial charge in [0.05, 0.1) is 6.10 Å². The first-order chi connectivity index (χ1) is 9.56. The maximum absolute atomic E-state index is 12.0. The number of ether oxygens (including phenoxy) is 2. The maximum atomic E-state index is 12.0. The Balaban J connectivity index is 1.85. The summed E-state index contributed by atoms with van der Waals surface area (Å²) < 4.78 is 11.2. The fourth-order valence-corrected chi connectivity index (χ4v) is 2.24. The molecule has 20 heavy (non-hydrogen) atoms. The van der Waals surface area contributed by atoms with Gasteiger partial charge in [-0.15, -0.1) is 0 Å². The van der Waals surface area contributed by atoms with Crippen molar-refractivity contribution in [1.82, 2.24) is 5.32 Å². The molecule has 1 saturated heterocycles. The van der Waals surface area contributed by atoms with Crippen LogP contribution in [0.2, 0.25) is 0 Å². The first-order valence-corrected chi connectivity index (χ1v) is 7.19. The zero-order valence-corrected chi connectivity index (χ0v) is 12.4. The predicted molar refractivity (Wildman–Crippen MR) is 78.0 cm³/mol. The van der Waals surface area contributed by atoms with Crippen LogP contribution in [-0.2, 0) is 9.53 Å². The minimum Gasteiger partial charge on any atom is -0.481 e. The average molecular weight is 277 g/mol. The van der Waals surface area contributed by atoms with Crippen molar-refractivity contribution in [2.45, 2.75) is 45.8 Å². The second kappa shape index (κ2) is 6.75. The van der Waals surface area contributed by atoms with E-state index >= 15 is 0 Å². The van der Waals surface area contributed by atoms with Crippen molar-refractivity contribution < 1.29 is 14.3 Å². The Hall–Kier alpha value is -1.55. The molecule has 0 unspecified atom stereocenters. The second-order valence-electron chi connectivity index (χ2n) is 5.41. The molecule has 4 heteroatoms. The van der Waals surface area contributed by atoms with Gasteiger partial charge in [-0.05, 0) is 50.8 Å². The number of hydrogen-bond acceptors (Lipinski definition) is 3. The first-order valence-electron chi connectivity index (χ1n) is 7.19. The van der Waals surface area contributed by atoms with Gasteiger partial charge in [0.15, 0.2) is 6.10 Å². The molecule has 1 amide bonds. The molecule has 1 aromatic rings. The fourth-order valence-electron chi connectivity index (χ4n) is 2.24. The van der Waals surface area contributed by atoms with Gasteiger partial charge in [0, 0.05) is 13.2 Å². The Kier molecular flexibility index (Phi) is 5.01. The molecule has 0 aliphatic carbocycles. The molecule has 4 nitrogen and oxygen atoms in total. The SMILES string of the molecule is Cc1ccc(C)c(O[C@@H](C)C(=O)NC[C@H]2CCCO2)c1. The summed E-state index contributed by atoms with van der Waals surface area (Å²) in [6.07, 6.45) is 1.76. The summed E-state index contributed by atoms with van der Waals surface area (Å²) in [7, 11) is 0. The van der Waals surface area contributed by atoms with Gasteiger partial charge in [-0.3, -0.25) is 4.79 Å². The molecule has 1 aromatic carbocycles. The van der Waals surface area contributed by atoms with Gasteiger partial charge in [0.25, 0.3) is 5.91 Å². The molecule has 2 rings (SSSR count). The Labute approximate surface area is 120 Å². The minimum atomic E-state index is -0.503. The van der Waals surface area contributed by atoms with E-state index in [1.165, 1.54) is 0 Å². The number of hydrogen-bond donors (Lipinski definition) is 1. The van der Waals surface area contributed by atoms with E-state index in [1.807, 2.05) is 32.0 Å². The molecule has 0 saturated carbocycles. The Morgan fingerprint density at radius 1 is 1.50 bits per heavy atom. The first kappa shape index (κ1) is 14.9. The van der Waals surface area contributed by atoms with Gasteiger partial charge in [0.2, 0.25) is 0 Å². The molecule has 0 bridgehead atoms. The van der Waals surface area contributed by atoms with E-state index < -0.39 is 6.10 Å². The summed E-state index contributed by atoms with van der Waals surface area (Å²) in [5.41, 5.74) is 2.16. The molecule has 110 valence electrons. The van der Waals surface area contributed by atoms with Gasteiger partial charge in [-0.2, -0.15) is 0 Å². The Bertz CT molecular complexity index is 467. The predicted octanol–water partition coefficient (Wildman–Crippen LogP) is 2.37. The third kappa shape index (κ3) is 3.97. The third-order valence-electron chi connectivity index (χ3n) is 3.54. The van der Waals surface area contributed by atoms with Crippen LogP contribution in [0.5, 0.6) is 5.75 Å². The third-order valence-corrected chi connectivity index (χ3v) is 3.54. The topological polar surface area (TPSA) is 47.6 Å². The molecule has 0 spiro atoms. The minimum absolute atomic E-state index is 0.0959. The zero-order chi connectivity index (χ0) is 14.5. The monoisotopic (exact) mass is 277 g/mol. The highest BCUT2D eigenvalue weighted by Gasteiger charge is 2.20. The van der Waals surface area contributed by atoms with Crippen molar-refractivity contribution >= 4 is 5.91 Å². The van der Waals surface area contributed by atoms with Crippen LogP contribution >= 0.6 is 0 Å². The van der Waals surface area contributed by atoms with Gasteiger partial charge < -0.3 is 14.8 Å². The lowest BCUT2D eigenvalue weighted by Crippen LogP contribution is -2.40. The molecule has 0 radical (unpaired) electrons. The molecule has 2 atom stereocenters. The Morgan fingerprint density at radius 3 is 3.00 bits per heavy atom. The number of aryl methyl sites for hydroxylation is 2. The molecule has 1 aliphatic heterocycles. The number of amides is 1. The summed E-state index contributed by atoms with van der Waals surface area (Å²) in [6, 6.07) is 5.99. The van der Waals surface area contributed by atoms with E-state index in [4.69, 9.17) is 9.47 Å². The maximum Gasteiger partial charge on any atom is 0.260 e. The average Bonchev–Trinajstić information content (AvgIpc) is 2.93. The quantitative estimate of drug-likeness (QED) is 0.899. The number of rotatable bonds is 5. The second-order valence-corrected chi connectivity index (χ2v) is 5.41. The van der Waals surface area contributed by atoms with E-state index in [0.29, 0.717) is 6.54 Å². The van der Waals surface area contributed by atoms with Crippen LogP contribution in [0.15, 0.2) is 18.2 Å². The highest BCUT2D eigenvalue weighted by Crippen LogP contribution is 2.20. The molecule has 1 heterocycles. The van der Waals surface area contributed by atoms with Crippen molar-refractivity contribution in [1.29, 1.82) is 0 Å². The highest BCUT2D eigenvalue weighted by molar-refractivity contribution is 5.80. The standard InChI is InChI=1S/C16H23NO3/c1-11-6-7-12(2)15(9-11)20-13(3)16(18)17-10-14-5-4-8-19-14/h6-7,9,13-14H,4-5,8,10H2,1-3H3,(H,17,18)/t13-,14+/m0/s1. The number of benzene rings is 1. The van der Waals surface area contributed by atoms with Crippen molar-refractivity contribution in [3.8, 4) is 5.75 Å². The van der Waals surface area contributed by atoms with Crippen molar-refractivity contribution in [3.05, 3.63) is 29.3 Å². The van der Waals surface area contributed by atoms with Crippen molar-refractivity contribution in [2.75, 3.05) is 13.2 Å². The van der Waals surface area contributed by atoms with Crippen LogP contribution in [0.4, 0.5) is 0 Å². The Morgan fingerprint density at radius 2 is 2.30 bits per heavy atom. The molecule has 1 aliphatic rings. The smallest absolute Gasteiger partial charge is 0.260 e. The fraction of sp³-hybridized carbons (Fsp3) is 0.562. The van der Waals surface area contributed by atoms with E-state index in [1.54, 1.807) is 6.92 Å². The number of carbonyl (C=O) groups is 1. The van der Waals surface area contributed by atoms with E-state index in [9.17, 15) is 4.79 Å². The normalized spacial score (nSPS) is 19.6. The van der Waals surface area contributed by atoms with E-state index in [2.05, 4.69) is 5.32 Å². The molecule has 1 N–H and O–H groups in total. The van der Waals surface area contributed by atoms with Crippen LogP contribution in [0.3, 0.4) is 0 Å². The van der Waals surface area contributed by atoms with Gasteiger partial charge in [-0.25, -0.2) is 0 Å². The van der Waals surface area contributed by atoms with Gasteiger partial charge in [0.1, 0.15) is 5.75 Å². The molecule has 0 aromatic heterocycles. The lowest BCUT2D eigenvalue weighted by atomic mass is 10.1. The van der Waals surface area contributed by atoms with E-state index in [-0.39, 0.29) is 12.0 Å². The summed E-state index contributed by atoms with van der Waals surface area (Å²) in [5, 5.41) is 2.89. The van der Waals surface area contributed by atoms with Crippen LogP contribution < -0.4 is 10.1 Å². The van der Waals surface area contributed by atoms with Crippen molar-refractivity contribution in [3.63, 3.8) is 0 Å². The summed E-state index contributed by atoms with van der Waals surface area (Å²) in [4.78, 5) is 12.0. The largest absolute Gasteiger partial charge is 0.481 e. The molecular formula is C16H23NO3. The van der Waals surface area contributed by atoms with Crippen LogP contribution in [0.25, 0.3) is 0 Å². The van der Waals surface area contributed by atoms with Crippen LogP contribution in [0.1, 0.15) is 30.9 Å². The highest BCUT2D eigenvalue weighted by atomic mass is 16.5. The van der Waals surface area contributed by atoms with Crippen LogP contribution in [-0.4, -0.2) is 31.3 Å². The lowest BCUT2D eigenvalue weighted by molar-refractivity contribution is -0.127. The van der Waals surface area contributed by atoms with E-state index in [0.717, 1.165) is 36.3 Å². The van der Waals surface area contributed by atoms with Gasteiger partial charge >= 0.3 is 0 Å².